The van der Waals surface area contributed by atoms with Gasteiger partial charge in [-0.05, 0) is 49.9 Å². The van der Waals surface area contributed by atoms with E-state index in [1.54, 1.807) is 0 Å². The first-order valence-corrected chi connectivity index (χ1v) is 11.0. The first-order chi connectivity index (χ1) is 13.8. The van der Waals surface area contributed by atoms with Gasteiger partial charge >= 0.3 is 0 Å². The molecule has 2 aliphatic heterocycles. The largest absolute Gasteiger partial charge is 0.492 e. The Bertz CT molecular complexity index is 620. The van der Waals surface area contributed by atoms with Gasteiger partial charge in [0.25, 0.3) is 0 Å². The van der Waals surface area contributed by atoms with Crippen LogP contribution in [0.4, 0.5) is 0 Å². The smallest absolute Gasteiger partial charge is 0.119 e. The van der Waals surface area contributed by atoms with Crippen LogP contribution in [0.25, 0.3) is 0 Å². The highest BCUT2D eigenvalue weighted by Gasteiger charge is 2.45. The lowest BCUT2D eigenvalue weighted by Crippen LogP contribution is -2.47. The Morgan fingerprint density at radius 1 is 1.11 bits per heavy atom. The highest BCUT2D eigenvalue weighted by molar-refractivity contribution is 5.28. The number of morpholine rings is 1. The van der Waals surface area contributed by atoms with Gasteiger partial charge in [0.15, 0.2) is 0 Å². The molecule has 2 saturated heterocycles. The van der Waals surface area contributed by atoms with Gasteiger partial charge in [0.05, 0.1) is 19.3 Å². The maximum Gasteiger partial charge on any atom is 0.119 e. The number of methoxy groups -OCH3 is 1. The third-order valence-corrected chi connectivity index (χ3v) is 6.88. The Labute approximate surface area is 169 Å². The molecule has 5 heteroatoms. The normalized spacial score (nSPS) is 29.4. The molecule has 0 radical (unpaired) electrons. The minimum atomic E-state index is 0.388. The molecule has 5 nitrogen and oxygen atoms in total. The van der Waals surface area contributed by atoms with Gasteiger partial charge in [-0.3, -0.25) is 9.80 Å². The zero-order valence-electron chi connectivity index (χ0n) is 17.4. The van der Waals surface area contributed by atoms with Gasteiger partial charge in [-0.15, -0.1) is 0 Å². The molecule has 28 heavy (non-hydrogen) atoms. The van der Waals surface area contributed by atoms with E-state index in [4.69, 9.17) is 14.2 Å². The number of hydrogen-bond donors (Lipinski definition) is 0. The van der Waals surface area contributed by atoms with E-state index in [1.807, 2.05) is 7.11 Å². The number of nitrogens with zero attached hydrogens (tertiary/aromatic N) is 2. The van der Waals surface area contributed by atoms with E-state index in [9.17, 15) is 0 Å². The Morgan fingerprint density at radius 3 is 2.82 bits per heavy atom. The van der Waals surface area contributed by atoms with Crippen molar-refractivity contribution >= 4 is 0 Å². The van der Waals surface area contributed by atoms with Crippen molar-refractivity contribution in [3.8, 4) is 5.75 Å². The minimum absolute atomic E-state index is 0.388. The summed E-state index contributed by atoms with van der Waals surface area (Å²) in [5, 5.41) is 0. The van der Waals surface area contributed by atoms with Crippen LogP contribution in [-0.4, -0.2) is 75.6 Å². The molecule has 1 spiro atoms. The first kappa shape index (κ1) is 20.1. The fraction of sp³-hybridized carbons (Fsp3) is 0.739. The van der Waals surface area contributed by atoms with Crippen LogP contribution in [0.2, 0.25) is 0 Å². The molecule has 156 valence electrons. The van der Waals surface area contributed by atoms with Gasteiger partial charge in [-0.1, -0.05) is 18.6 Å². The van der Waals surface area contributed by atoms with Crippen molar-refractivity contribution in [3.63, 3.8) is 0 Å². The van der Waals surface area contributed by atoms with Crippen molar-refractivity contribution in [2.24, 2.45) is 5.41 Å². The van der Waals surface area contributed by atoms with E-state index >= 15 is 0 Å². The molecule has 3 fully saturated rings. The van der Waals surface area contributed by atoms with Gasteiger partial charge in [-0.2, -0.15) is 0 Å². The minimum Gasteiger partial charge on any atom is -0.492 e. The van der Waals surface area contributed by atoms with Crippen molar-refractivity contribution < 1.29 is 14.2 Å². The zero-order valence-corrected chi connectivity index (χ0v) is 17.4. The summed E-state index contributed by atoms with van der Waals surface area (Å²) >= 11 is 0. The molecular weight excluding hydrogens is 352 g/mol. The highest BCUT2D eigenvalue weighted by Crippen LogP contribution is 2.46. The standard InChI is InChI=1S/C23H36N2O3/c1-26-22-7-3-8-23(22)9-4-10-25(19-23)18-20-5-2-6-21(17-20)28-16-13-24-11-14-27-15-12-24/h2,5-6,17,22H,3-4,7-16,18-19H2,1H3/t22-,23-/m1/s1. The predicted octanol–water partition coefficient (Wildman–Crippen LogP) is 3.18. The molecule has 1 aromatic carbocycles. The summed E-state index contributed by atoms with van der Waals surface area (Å²) in [6.07, 6.45) is 6.94. The van der Waals surface area contributed by atoms with Gasteiger partial charge < -0.3 is 14.2 Å². The Morgan fingerprint density at radius 2 is 1.96 bits per heavy atom. The van der Waals surface area contributed by atoms with E-state index < -0.39 is 0 Å². The fourth-order valence-corrected chi connectivity index (χ4v) is 5.44. The molecular formula is C23H36N2O3. The number of likely N-dealkylation sites (tertiary alicyclic amines) is 1. The van der Waals surface area contributed by atoms with Crippen molar-refractivity contribution in [3.05, 3.63) is 29.8 Å². The molecule has 4 rings (SSSR count). The second kappa shape index (κ2) is 9.57. The topological polar surface area (TPSA) is 34.2 Å². The maximum atomic E-state index is 6.05. The summed E-state index contributed by atoms with van der Waals surface area (Å²) in [5.41, 5.74) is 1.74. The van der Waals surface area contributed by atoms with E-state index in [0.29, 0.717) is 11.5 Å². The third-order valence-electron chi connectivity index (χ3n) is 6.88. The van der Waals surface area contributed by atoms with Gasteiger partial charge in [-0.25, -0.2) is 0 Å². The van der Waals surface area contributed by atoms with Crippen LogP contribution < -0.4 is 4.74 Å². The molecule has 2 heterocycles. The average Bonchev–Trinajstić information content (AvgIpc) is 3.10. The van der Waals surface area contributed by atoms with Crippen LogP contribution in [0, 0.1) is 5.41 Å². The number of hydrogen-bond acceptors (Lipinski definition) is 5. The fourth-order valence-electron chi connectivity index (χ4n) is 5.44. The molecule has 1 aliphatic carbocycles. The molecule has 3 aliphatic rings. The van der Waals surface area contributed by atoms with Crippen LogP contribution >= 0.6 is 0 Å². The number of ether oxygens (including phenoxy) is 3. The summed E-state index contributed by atoms with van der Waals surface area (Å²) in [6, 6.07) is 8.67. The van der Waals surface area contributed by atoms with Crippen LogP contribution in [0.3, 0.4) is 0 Å². The van der Waals surface area contributed by atoms with E-state index in [2.05, 4.69) is 34.1 Å². The first-order valence-electron chi connectivity index (χ1n) is 11.0. The summed E-state index contributed by atoms with van der Waals surface area (Å²) in [7, 11) is 1.90. The molecule has 1 aromatic rings. The SMILES string of the molecule is CO[C@@H]1CCC[C@]12CCCN(Cc1cccc(OCCN3CCOCC3)c1)C2. The van der Waals surface area contributed by atoms with Crippen LogP contribution in [0.15, 0.2) is 24.3 Å². The predicted molar refractivity (Wildman–Crippen MR) is 111 cm³/mol. The second-order valence-corrected chi connectivity index (χ2v) is 8.74. The molecule has 2 atom stereocenters. The number of rotatable bonds is 7. The summed E-state index contributed by atoms with van der Waals surface area (Å²) in [4.78, 5) is 5.04. The lowest BCUT2D eigenvalue weighted by Gasteiger charge is -2.43. The Kier molecular flexibility index (Phi) is 6.89. The molecule has 0 aromatic heterocycles. The van der Waals surface area contributed by atoms with E-state index in [1.165, 1.54) is 50.8 Å². The molecule has 0 amide bonds. The average molecular weight is 389 g/mol. The monoisotopic (exact) mass is 388 g/mol. The summed E-state index contributed by atoms with van der Waals surface area (Å²) < 4.78 is 17.3. The van der Waals surface area contributed by atoms with Crippen molar-refractivity contribution in [2.75, 3.05) is 59.7 Å². The lowest BCUT2D eigenvalue weighted by atomic mass is 9.76. The van der Waals surface area contributed by atoms with Crippen molar-refractivity contribution in [1.82, 2.24) is 9.80 Å². The third kappa shape index (κ3) is 4.88. The number of piperidine rings is 1. The summed E-state index contributed by atoms with van der Waals surface area (Å²) in [5.74, 6) is 0.994. The Hall–Kier alpha value is -1.14. The van der Waals surface area contributed by atoms with E-state index in [0.717, 1.165) is 51.7 Å². The van der Waals surface area contributed by atoms with Crippen molar-refractivity contribution in [1.29, 1.82) is 0 Å². The quantitative estimate of drug-likeness (QED) is 0.717. The highest BCUT2D eigenvalue weighted by atomic mass is 16.5. The van der Waals surface area contributed by atoms with Crippen LogP contribution in [0.5, 0.6) is 5.75 Å². The molecule has 0 N–H and O–H groups in total. The van der Waals surface area contributed by atoms with Gasteiger partial charge in [0.2, 0.25) is 0 Å². The summed E-state index contributed by atoms with van der Waals surface area (Å²) in [6.45, 7) is 8.82. The molecule has 0 unspecified atom stereocenters. The molecule has 1 saturated carbocycles. The van der Waals surface area contributed by atoms with E-state index in [-0.39, 0.29) is 0 Å². The van der Waals surface area contributed by atoms with Crippen LogP contribution in [0.1, 0.15) is 37.7 Å². The van der Waals surface area contributed by atoms with Crippen LogP contribution in [-0.2, 0) is 16.0 Å². The van der Waals surface area contributed by atoms with Gasteiger partial charge in [0.1, 0.15) is 12.4 Å². The van der Waals surface area contributed by atoms with Gasteiger partial charge in [0, 0.05) is 45.2 Å². The number of benzene rings is 1. The second-order valence-electron chi connectivity index (χ2n) is 8.74. The zero-order chi connectivity index (χ0) is 19.2. The molecule has 0 bridgehead atoms. The Balaban J connectivity index is 1.29. The lowest BCUT2D eigenvalue weighted by molar-refractivity contribution is -0.0366. The maximum absolute atomic E-state index is 6.05. The van der Waals surface area contributed by atoms with Crippen molar-refractivity contribution in [2.45, 2.75) is 44.8 Å².